The smallest absolute Gasteiger partial charge is 0.248 e. The third-order valence-corrected chi connectivity index (χ3v) is 7.72. The second-order valence-corrected chi connectivity index (χ2v) is 10.1. The number of benzene rings is 4. The number of aryl methyl sites for hydroxylation is 1. The van der Waals surface area contributed by atoms with Crippen molar-refractivity contribution in [2.45, 2.75) is 12.3 Å². The van der Waals surface area contributed by atoms with E-state index in [9.17, 15) is 4.79 Å². The first kappa shape index (κ1) is 23.8. The normalized spacial score (nSPS) is 11.7. The summed E-state index contributed by atoms with van der Waals surface area (Å²) in [5.41, 5.74) is 7.63. The van der Waals surface area contributed by atoms with E-state index in [1.165, 1.54) is 0 Å². The summed E-state index contributed by atoms with van der Waals surface area (Å²) in [6.45, 7) is 1.98. The van der Waals surface area contributed by atoms with Gasteiger partial charge >= 0.3 is 0 Å². The minimum atomic E-state index is -0.749. The molecule has 0 aliphatic carbocycles. The standard InChI is InChI=1S/C35H26N4O/c1-23-19-24(17-18-36-23)34-29-20-28-30(21-33(40)37-31(28)22-32(29)38-39-34)35(25-11-5-2-6-12-25,26-13-7-3-8-14-26)27-15-9-4-10-16-27/h2-22H,1H3,(H,37,40)(H,38,39). The molecule has 0 saturated heterocycles. The van der Waals surface area contributed by atoms with E-state index < -0.39 is 5.41 Å². The lowest BCUT2D eigenvalue weighted by molar-refractivity contribution is 0.750. The Labute approximate surface area is 231 Å². The Balaban J connectivity index is 1.65. The second-order valence-electron chi connectivity index (χ2n) is 10.1. The first-order valence-corrected chi connectivity index (χ1v) is 13.3. The minimum Gasteiger partial charge on any atom is -0.322 e. The number of fused-ring (bicyclic) bond motifs is 2. The van der Waals surface area contributed by atoms with Crippen molar-refractivity contribution in [1.29, 1.82) is 0 Å². The molecule has 7 rings (SSSR count). The maximum absolute atomic E-state index is 13.4. The summed E-state index contributed by atoms with van der Waals surface area (Å²) in [5, 5.41) is 9.79. The highest BCUT2D eigenvalue weighted by molar-refractivity contribution is 6.03. The number of H-pyrrole nitrogens is 2. The van der Waals surface area contributed by atoms with Crippen molar-refractivity contribution in [2.75, 3.05) is 0 Å². The van der Waals surface area contributed by atoms with Crippen LogP contribution in [0.5, 0.6) is 0 Å². The number of nitrogens with zero attached hydrogens (tertiary/aromatic N) is 2. The summed E-state index contributed by atoms with van der Waals surface area (Å²) in [4.78, 5) is 20.8. The Morgan fingerprint density at radius 3 is 1.82 bits per heavy atom. The largest absolute Gasteiger partial charge is 0.322 e. The molecule has 0 saturated carbocycles. The summed E-state index contributed by atoms with van der Waals surface area (Å²) >= 11 is 0. The lowest BCUT2D eigenvalue weighted by Crippen LogP contribution is -2.32. The van der Waals surface area contributed by atoms with Gasteiger partial charge in [0.2, 0.25) is 5.56 Å². The van der Waals surface area contributed by atoms with Gasteiger partial charge in [0.1, 0.15) is 5.69 Å². The minimum absolute atomic E-state index is 0.154. The number of hydrogen-bond acceptors (Lipinski definition) is 3. The van der Waals surface area contributed by atoms with E-state index in [0.29, 0.717) is 0 Å². The van der Waals surface area contributed by atoms with Crippen LogP contribution < -0.4 is 5.56 Å². The number of nitrogens with one attached hydrogen (secondary N) is 2. The molecule has 2 N–H and O–H groups in total. The van der Waals surface area contributed by atoms with Gasteiger partial charge in [-0.25, -0.2) is 0 Å². The van der Waals surface area contributed by atoms with E-state index in [1.54, 1.807) is 12.3 Å². The third kappa shape index (κ3) is 3.75. The van der Waals surface area contributed by atoms with Gasteiger partial charge in [-0.1, -0.05) is 91.0 Å². The third-order valence-electron chi connectivity index (χ3n) is 7.72. The molecular weight excluding hydrogens is 492 g/mol. The van der Waals surface area contributed by atoms with Gasteiger partial charge in [0.25, 0.3) is 0 Å². The van der Waals surface area contributed by atoms with Crippen molar-refractivity contribution in [2.24, 2.45) is 0 Å². The molecule has 4 aromatic carbocycles. The average Bonchev–Trinajstić information content (AvgIpc) is 3.41. The molecule has 0 aliphatic heterocycles. The Bertz CT molecular complexity index is 1930. The lowest BCUT2D eigenvalue weighted by Gasteiger charge is -2.37. The van der Waals surface area contributed by atoms with Gasteiger partial charge < -0.3 is 4.98 Å². The van der Waals surface area contributed by atoms with E-state index in [-0.39, 0.29) is 5.56 Å². The van der Waals surface area contributed by atoms with Gasteiger partial charge in [-0.2, -0.15) is 5.10 Å². The molecule has 0 unspecified atom stereocenters. The van der Waals surface area contributed by atoms with Gasteiger partial charge in [0.05, 0.1) is 16.4 Å². The quantitative estimate of drug-likeness (QED) is 0.238. The molecule has 0 fully saturated rings. The summed E-state index contributed by atoms with van der Waals surface area (Å²) in [5.74, 6) is 0. The highest BCUT2D eigenvalue weighted by atomic mass is 16.1. The zero-order chi connectivity index (χ0) is 27.1. The molecule has 192 valence electrons. The van der Waals surface area contributed by atoms with Crippen LogP contribution in [-0.4, -0.2) is 20.2 Å². The fourth-order valence-corrected chi connectivity index (χ4v) is 6.02. The van der Waals surface area contributed by atoms with Crippen LogP contribution in [0.15, 0.2) is 132 Å². The molecule has 0 bridgehead atoms. The highest BCUT2D eigenvalue weighted by Gasteiger charge is 2.40. The number of pyridine rings is 2. The number of hydrogen-bond donors (Lipinski definition) is 2. The van der Waals surface area contributed by atoms with E-state index >= 15 is 0 Å². The molecule has 0 spiro atoms. The van der Waals surface area contributed by atoms with Crippen molar-refractivity contribution in [1.82, 2.24) is 20.2 Å². The molecular formula is C35H26N4O. The van der Waals surface area contributed by atoms with Gasteiger partial charge in [-0.3, -0.25) is 14.9 Å². The van der Waals surface area contributed by atoms with Gasteiger partial charge in [0, 0.05) is 34.3 Å². The van der Waals surface area contributed by atoms with E-state index in [2.05, 4.69) is 99.0 Å². The van der Waals surface area contributed by atoms with Gasteiger partial charge in [0.15, 0.2) is 0 Å². The van der Waals surface area contributed by atoms with E-state index in [4.69, 9.17) is 0 Å². The first-order chi connectivity index (χ1) is 19.6. The van der Waals surface area contributed by atoms with Gasteiger partial charge in [-0.05, 0) is 53.4 Å². The van der Waals surface area contributed by atoms with Crippen molar-refractivity contribution in [3.63, 3.8) is 0 Å². The SMILES string of the molecule is Cc1cc(-c2n[nH]c3cc4[nH]c(=O)cc(C(c5ccccc5)(c5ccccc5)c5ccccc5)c4cc23)ccn1. The second kappa shape index (κ2) is 9.47. The Hall–Kier alpha value is -5.29. The van der Waals surface area contributed by atoms with Gasteiger partial charge in [-0.15, -0.1) is 0 Å². The van der Waals surface area contributed by atoms with Crippen LogP contribution >= 0.6 is 0 Å². The number of aromatic nitrogens is 4. The molecule has 0 atom stereocenters. The monoisotopic (exact) mass is 518 g/mol. The fraction of sp³-hybridized carbons (Fsp3) is 0.0571. The zero-order valence-corrected chi connectivity index (χ0v) is 21.9. The Morgan fingerprint density at radius 1 is 0.650 bits per heavy atom. The molecule has 0 radical (unpaired) electrons. The maximum Gasteiger partial charge on any atom is 0.248 e. The van der Waals surface area contributed by atoms with Crippen LogP contribution in [0.4, 0.5) is 0 Å². The Morgan fingerprint density at radius 2 is 1.25 bits per heavy atom. The number of rotatable bonds is 5. The van der Waals surface area contributed by atoms with Crippen LogP contribution in [0, 0.1) is 6.92 Å². The summed E-state index contributed by atoms with van der Waals surface area (Å²) in [7, 11) is 0. The van der Waals surface area contributed by atoms with Crippen molar-refractivity contribution in [3.05, 3.63) is 166 Å². The van der Waals surface area contributed by atoms with Crippen LogP contribution in [0.3, 0.4) is 0 Å². The molecule has 5 nitrogen and oxygen atoms in total. The Kier molecular flexibility index (Phi) is 5.64. The summed E-state index contributed by atoms with van der Waals surface area (Å²) in [6.07, 6.45) is 1.81. The summed E-state index contributed by atoms with van der Waals surface area (Å²) < 4.78 is 0. The molecule has 0 amide bonds. The predicted molar refractivity (Wildman–Crippen MR) is 160 cm³/mol. The molecule has 7 aromatic rings. The van der Waals surface area contributed by atoms with E-state index in [1.807, 2.05) is 43.3 Å². The van der Waals surface area contributed by atoms with Crippen LogP contribution in [0.1, 0.15) is 27.9 Å². The topological polar surface area (TPSA) is 74.4 Å². The van der Waals surface area contributed by atoms with Crippen LogP contribution in [0.25, 0.3) is 33.1 Å². The highest BCUT2D eigenvalue weighted by Crippen LogP contribution is 2.47. The molecule has 5 heteroatoms. The van der Waals surface area contributed by atoms with E-state index in [0.717, 1.165) is 61.0 Å². The fourth-order valence-electron chi connectivity index (χ4n) is 6.02. The number of aromatic amines is 2. The summed E-state index contributed by atoms with van der Waals surface area (Å²) in [6, 6.07) is 41.2. The zero-order valence-electron chi connectivity index (χ0n) is 21.9. The molecule has 3 aromatic heterocycles. The average molecular weight is 519 g/mol. The molecule has 40 heavy (non-hydrogen) atoms. The van der Waals surface area contributed by atoms with Crippen LogP contribution in [0.2, 0.25) is 0 Å². The van der Waals surface area contributed by atoms with Crippen LogP contribution in [-0.2, 0) is 5.41 Å². The predicted octanol–water partition coefficient (Wildman–Crippen LogP) is 7.16. The maximum atomic E-state index is 13.4. The van der Waals surface area contributed by atoms with Crippen molar-refractivity contribution >= 4 is 21.8 Å². The van der Waals surface area contributed by atoms with Crippen molar-refractivity contribution in [3.8, 4) is 11.3 Å². The van der Waals surface area contributed by atoms with Crippen molar-refractivity contribution < 1.29 is 0 Å². The molecule has 3 heterocycles. The lowest BCUT2D eigenvalue weighted by atomic mass is 9.64. The molecule has 0 aliphatic rings. The first-order valence-electron chi connectivity index (χ1n) is 13.3.